The van der Waals surface area contributed by atoms with Crippen LogP contribution in [0, 0.1) is 0 Å². The predicted octanol–water partition coefficient (Wildman–Crippen LogP) is 4.91. The van der Waals surface area contributed by atoms with Crippen molar-refractivity contribution in [1.82, 2.24) is 5.32 Å². The highest BCUT2D eigenvalue weighted by atomic mass is 14.9. The average molecular weight is 259 g/mol. The van der Waals surface area contributed by atoms with Crippen molar-refractivity contribution < 1.29 is 0 Å². The summed E-state index contributed by atoms with van der Waals surface area (Å²) in [5, 5.41) is 3.84. The molecule has 2 aliphatic rings. The third-order valence-corrected chi connectivity index (χ3v) is 4.27. The van der Waals surface area contributed by atoms with Crippen molar-refractivity contribution in [3.05, 3.63) is 36.0 Å². The maximum atomic E-state index is 3.84. The second-order valence-corrected chi connectivity index (χ2v) is 5.92. The normalized spacial score (nSPS) is 26.2. The van der Waals surface area contributed by atoms with E-state index in [2.05, 4.69) is 42.6 Å². The molecule has 1 heteroatoms. The van der Waals surface area contributed by atoms with Crippen LogP contribution in [0.15, 0.2) is 36.0 Å². The van der Waals surface area contributed by atoms with E-state index < -0.39 is 0 Å². The van der Waals surface area contributed by atoms with Crippen LogP contribution in [0.1, 0.15) is 64.7 Å². The van der Waals surface area contributed by atoms with Crippen molar-refractivity contribution in [2.45, 2.75) is 76.8 Å². The number of rotatable bonds is 6. The van der Waals surface area contributed by atoms with Crippen molar-refractivity contribution in [2.24, 2.45) is 0 Å². The fourth-order valence-corrected chi connectivity index (χ4v) is 3.09. The molecular weight excluding hydrogens is 230 g/mol. The summed E-state index contributed by atoms with van der Waals surface area (Å²) in [6.07, 6.45) is 23.6. The summed E-state index contributed by atoms with van der Waals surface area (Å²) in [5.74, 6) is 0. The van der Waals surface area contributed by atoms with Crippen LogP contribution in [0.3, 0.4) is 0 Å². The van der Waals surface area contributed by atoms with Gasteiger partial charge in [0, 0.05) is 6.04 Å². The second kappa shape index (κ2) is 8.37. The van der Waals surface area contributed by atoms with Crippen molar-refractivity contribution in [1.29, 1.82) is 0 Å². The molecular formula is C18H29N. The molecule has 0 radical (unpaired) electrons. The van der Waals surface area contributed by atoms with Crippen molar-refractivity contribution in [3.8, 4) is 0 Å². The zero-order valence-corrected chi connectivity index (χ0v) is 12.4. The minimum Gasteiger partial charge on any atom is -0.304 e. The van der Waals surface area contributed by atoms with Gasteiger partial charge in [-0.25, -0.2) is 0 Å². The van der Waals surface area contributed by atoms with Crippen LogP contribution in [0.5, 0.6) is 0 Å². The van der Waals surface area contributed by atoms with E-state index in [1.165, 1.54) is 63.4 Å². The van der Waals surface area contributed by atoms with Gasteiger partial charge in [0.2, 0.25) is 0 Å². The number of hydrogen-bond acceptors (Lipinski definition) is 1. The van der Waals surface area contributed by atoms with Gasteiger partial charge in [0.1, 0.15) is 0 Å². The van der Waals surface area contributed by atoms with E-state index in [4.69, 9.17) is 0 Å². The molecule has 0 aliphatic heterocycles. The quantitative estimate of drug-likeness (QED) is 0.668. The molecule has 2 aliphatic carbocycles. The van der Waals surface area contributed by atoms with Crippen molar-refractivity contribution >= 4 is 0 Å². The fraction of sp³-hybridized carbons (Fsp3) is 0.667. The Balaban J connectivity index is 1.85. The zero-order chi connectivity index (χ0) is 13.3. The summed E-state index contributed by atoms with van der Waals surface area (Å²) < 4.78 is 0. The second-order valence-electron chi connectivity index (χ2n) is 5.92. The summed E-state index contributed by atoms with van der Waals surface area (Å²) in [6, 6.07) is 1.18. The molecule has 1 saturated carbocycles. The van der Waals surface area contributed by atoms with E-state index >= 15 is 0 Å². The molecule has 0 aromatic rings. The number of allylic oxidation sites excluding steroid dienone is 3. The maximum Gasteiger partial charge on any atom is 0.0508 e. The molecule has 1 fully saturated rings. The molecule has 0 heterocycles. The summed E-state index contributed by atoms with van der Waals surface area (Å²) in [6.45, 7) is 2.27. The van der Waals surface area contributed by atoms with Gasteiger partial charge in [0.05, 0.1) is 6.04 Å². The summed E-state index contributed by atoms with van der Waals surface area (Å²) in [4.78, 5) is 0. The Bertz CT molecular complexity index is 332. The lowest BCUT2D eigenvalue weighted by atomic mass is 9.92. The average Bonchev–Trinajstić information content (AvgIpc) is 2.46. The van der Waals surface area contributed by atoms with Crippen LogP contribution in [0.25, 0.3) is 0 Å². The lowest BCUT2D eigenvalue weighted by Crippen LogP contribution is -2.39. The van der Waals surface area contributed by atoms with Gasteiger partial charge in [-0.15, -0.1) is 0 Å². The molecule has 2 rings (SSSR count). The molecule has 106 valence electrons. The molecule has 1 nitrogen and oxygen atoms in total. The lowest BCUT2D eigenvalue weighted by Gasteiger charge is -2.28. The first-order valence-corrected chi connectivity index (χ1v) is 8.21. The molecule has 1 atom stereocenters. The van der Waals surface area contributed by atoms with Crippen molar-refractivity contribution in [2.75, 3.05) is 0 Å². The van der Waals surface area contributed by atoms with Gasteiger partial charge in [-0.3, -0.25) is 0 Å². The fourth-order valence-electron chi connectivity index (χ4n) is 3.09. The standard InChI is InChI=1S/C18H29N/c1-2-3-4-6-11-16-12-9-10-15-18(16)19-17-13-7-5-8-14-17/h9-12,15,17-19H,2-8,13-14H2,1H3. The third-order valence-electron chi connectivity index (χ3n) is 4.27. The third kappa shape index (κ3) is 4.99. The smallest absolute Gasteiger partial charge is 0.0508 e. The Morgan fingerprint density at radius 1 is 1.16 bits per heavy atom. The van der Waals surface area contributed by atoms with Crippen LogP contribution >= 0.6 is 0 Å². The van der Waals surface area contributed by atoms with Crippen LogP contribution in [-0.2, 0) is 0 Å². The van der Waals surface area contributed by atoms with Gasteiger partial charge < -0.3 is 5.32 Å². The largest absolute Gasteiger partial charge is 0.304 e. The monoisotopic (exact) mass is 259 g/mol. The highest BCUT2D eigenvalue weighted by Crippen LogP contribution is 2.21. The predicted molar refractivity (Wildman–Crippen MR) is 84.3 cm³/mol. The van der Waals surface area contributed by atoms with E-state index in [9.17, 15) is 0 Å². The number of nitrogens with one attached hydrogen (secondary N) is 1. The maximum absolute atomic E-state index is 3.84. The molecule has 1 N–H and O–H groups in total. The Kier molecular flexibility index (Phi) is 6.43. The van der Waals surface area contributed by atoms with Crippen LogP contribution < -0.4 is 5.32 Å². The SMILES string of the molecule is CCCCCC=C1C=CC=CC1NC1CCCCC1. The van der Waals surface area contributed by atoms with E-state index in [0.29, 0.717) is 6.04 Å². The molecule has 0 aromatic heterocycles. The Morgan fingerprint density at radius 3 is 2.79 bits per heavy atom. The molecule has 19 heavy (non-hydrogen) atoms. The van der Waals surface area contributed by atoms with Gasteiger partial charge in [0.15, 0.2) is 0 Å². The Hall–Kier alpha value is -0.820. The van der Waals surface area contributed by atoms with Crippen LogP contribution in [-0.4, -0.2) is 12.1 Å². The van der Waals surface area contributed by atoms with Gasteiger partial charge >= 0.3 is 0 Å². The van der Waals surface area contributed by atoms with Gasteiger partial charge in [-0.05, 0) is 31.3 Å². The van der Waals surface area contributed by atoms with Gasteiger partial charge in [0.25, 0.3) is 0 Å². The molecule has 0 spiro atoms. The first kappa shape index (κ1) is 14.6. The Morgan fingerprint density at radius 2 is 2.00 bits per heavy atom. The van der Waals surface area contributed by atoms with E-state index in [0.717, 1.165) is 6.04 Å². The molecule has 0 aromatic carbocycles. The summed E-state index contributed by atoms with van der Waals surface area (Å²) in [5.41, 5.74) is 1.48. The summed E-state index contributed by atoms with van der Waals surface area (Å²) in [7, 11) is 0. The van der Waals surface area contributed by atoms with Crippen molar-refractivity contribution in [3.63, 3.8) is 0 Å². The van der Waals surface area contributed by atoms with E-state index in [-0.39, 0.29) is 0 Å². The summed E-state index contributed by atoms with van der Waals surface area (Å²) >= 11 is 0. The topological polar surface area (TPSA) is 12.0 Å². The molecule has 1 unspecified atom stereocenters. The Labute approximate surface area is 118 Å². The van der Waals surface area contributed by atoms with E-state index in [1.54, 1.807) is 0 Å². The van der Waals surface area contributed by atoms with Gasteiger partial charge in [-0.2, -0.15) is 0 Å². The van der Waals surface area contributed by atoms with Gasteiger partial charge in [-0.1, -0.05) is 69.4 Å². The number of hydrogen-bond donors (Lipinski definition) is 1. The van der Waals surface area contributed by atoms with Crippen LogP contribution in [0.2, 0.25) is 0 Å². The van der Waals surface area contributed by atoms with Crippen LogP contribution in [0.4, 0.5) is 0 Å². The minimum atomic E-state index is 0.453. The first-order chi connectivity index (χ1) is 9.40. The minimum absolute atomic E-state index is 0.453. The van der Waals surface area contributed by atoms with E-state index in [1.807, 2.05) is 0 Å². The lowest BCUT2D eigenvalue weighted by molar-refractivity contribution is 0.366. The molecule has 0 bridgehead atoms. The number of unbranched alkanes of at least 4 members (excludes halogenated alkanes) is 3. The highest BCUT2D eigenvalue weighted by Gasteiger charge is 2.18. The zero-order valence-electron chi connectivity index (χ0n) is 12.4. The first-order valence-electron chi connectivity index (χ1n) is 8.21. The highest BCUT2D eigenvalue weighted by molar-refractivity contribution is 5.36. The molecule has 0 amide bonds. The molecule has 0 saturated heterocycles.